The predicted molar refractivity (Wildman–Crippen MR) is 82.1 cm³/mol. The van der Waals surface area contributed by atoms with E-state index in [0.717, 1.165) is 56.8 Å². The van der Waals surface area contributed by atoms with Crippen LogP contribution in [-0.4, -0.2) is 16.7 Å². The lowest BCUT2D eigenvalue weighted by atomic mass is 9.82. The molecule has 0 saturated carbocycles. The second-order valence-electron chi connectivity index (χ2n) is 5.79. The number of rotatable bonds is 6. The first-order valence-electron chi connectivity index (χ1n) is 7.99. The zero-order valence-electron chi connectivity index (χ0n) is 12.4. The van der Waals surface area contributed by atoms with Gasteiger partial charge in [0, 0.05) is 12.3 Å². The Labute approximate surface area is 125 Å². The quantitative estimate of drug-likeness (QED) is 0.828. The minimum Gasteiger partial charge on any atom is -0.339 e. The fourth-order valence-electron chi connectivity index (χ4n) is 3.13. The van der Waals surface area contributed by atoms with Gasteiger partial charge in [0.25, 0.3) is 0 Å². The van der Waals surface area contributed by atoms with E-state index in [1.54, 1.807) is 0 Å². The third kappa shape index (κ3) is 3.32. The Morgan fingerprint density at radius 1 is 1.19 bits per heavy atom. The SMILES string of the molecule is NCCCCCc1nc(C2CCCc3ccccc32)no1. The van der Waals surface area contributed by atoms with Crippen molar-refractivity contribution in [1.82, 2.24) is 10.1 Å². The van der Waals surface area contributed by atoms with E-state index in [0.29, 0.717) is 5.92 Å². The summed E-state index contributed by atoms with van der Waals surface area (Å²) < 4.78 is 5.42. The fourth-order valence-corrected chi connectivity index (χ4v) is 3.13. The third-order valence-corrected chi connectivity index (χ3v) is 4.26. The topological polar surface area (TPSA) is 64.9 Å². The zero-order valence-corrected chi connectivity index (χ0v) is 12.4. The second-order valence-corrected chi connectivity index (χ2v) is 5.79. The Balaban J connectivity index is 1.69. The summed E-state index contributed by atoms with van der Waals surface area (Å²) in [5, 5.41) is 4.23. The first-order chi connectivity index (χ1) is 10.4. The Morgan fingerprint density at radius 2 is 2.10 bits per heavy atom. The van der Waals surface area contributed by atoms with Gasteiger partial charge in [-0.3, -0.25) is 0 Å². The highest BCUT2D eigenvalue weighted by atomic mass is 16.5. The second kappa shape index (κ2) is 6.85. The van der Waals surface area contributed by atoms with Crippen molar-refractivity contribution in [1.29, 1.82) is 0 Å². The molecule has 3 rings (SSSR count). The monoisotopic (exact) mass is 285 g/mol. The van der Waals surface area contributed by atoms with Crippen LogP contribution in [0.1, 0.15) is 60.9 Å². The van der Waals surface area contributed by atoms with Crippen LogP contribution in [0.4, 0.5) is 0 Å². The van der Waals surface area contributed by atoms with Gasteiger partial charge >= 0.3 is 0 Å². The maximum atomic E-state index is 5.50. The van der Waals surface area contributed by atoms with Gasteiger partial charge in [-0.15, -0.1) is 0 Å². The van der Waals surface area contributed by atoms with Crippen molar-refractivity contribution in [2.24, 2.45) is 5.73 Å². The largest absolute Gasteiger partial charge is 0.339 e. The van der Waals surface area contributed by atoms with E-state index in [-0.39, 0.29) is 0 Å². The average Bonchev–Trinajstić information content (AvgIpc) is 3.00. The lowest BCUT2D eigenvalue weighted by Gasteiger charge is -2.22. The van der Waals surface area contributed by atoms with Gasteiger partial charge in [-0.05, 0) is 49.8 Å². The van der Waals surface area contributed by atoms with Crippen LogP contribution < -0.4 is 5.73 Å². The molecule has 112 valence electrons. The highest BCUT2D eigenvalue weighted by Crippen LogP contribution is 2.35. The Kier molecular flexibility index (Phi) is 4.65. The van der Waals surface area contributed by atoms with Crippen LogP contribution in [0.2, 0.25) is 0 Å². The van der Waals surface area contributed by atoms with Crippen LogP contribution >= 0.6 is 0 Å². The molecular formula is C17H23N3O. The number of aryl methyl sites for hydroxylation is 2. The minimum absolute atomic E-state index is 0.302. The standard InChI is InChI=1S/C17H23N3O/c18-12-5-1-2-11-16-19-17(20-21-16)15-10-6-8-13-7-3-4-9-14(13)15/h3-4,7,9,15H,1-2,5-6,8,10-12,18H2. The zero-order chi connectivity index (χ0) is 14.5. The molecular weight excluding hydrogens is 262 g/mol. The summed E-state index contributed by atoms with van der Waals surface area (Å²) in [6, 6.07) is 8.64. The van der Waals surface area contributed by atoms with Crippen molar-refractivity contribution in [2.45, 2.75) is 50.9 Å². The molecule has 4 nitrogen and oxygen atoms in total. The molecule has 0 fully saturated rings. The maximum absolute atomic E-state index is 5.50. The number of hydrogen-bond donors (Lipinski definition) is 1. The third-order valence-electron chi connectivity index (χ3n) is 4.26. The lowest BCUT2D eigenvalue weighted by molar-refractivity contribution is 0.365. The number of nitrogens with zero attached hydrogens (tertiary/aromatic N) is 2. The normalized spacial score (nSPS) is 17.7. The summed E-state index contributed by atoms with van der Waals surface area (Å²) in [4.78, 5) is 4.62. The van der Waals surface area contributed by atoms with Gasteiger partial charge < -0.3 is 10.3 Å². The number of hydrogen-bond acceptors (Lipinski definition) is 4. The van der Waals surface area contributed by atoms with Crippen LogP contribution in [0.5, 0.6) is 0 Å². The summed E-state index contributed by atoms with van der Waals surface area (Å²) in [5.41, 5.74) is 8.31. The Morgan fingerprint density at radius 3 is 3.00 bits per heavy atom. The van der Waals surface area contributed by atoms with Crippen molar-refractivity contribution in [2.75, 3.05) is 6.54 Å². The van der Waals surface area contributed by atoms with Gasteiger partial charge in [0.15, 0.2) is 5.82 Å². The molecule has 2 aromatic rings. The van der Waals surface area contributed by atoms with E-state index in [2.05, 4.69) is 34.4 Å². The number of unbranched alkanes of at least 4 members (excludes halogenated alkanes) is 2. The molecule has 0 spiro atoms. The predicted octanol–water partition coefficient (Wildman–Crippen LogP) is 3.21. The number of fused-ring (bicyclic) bond motifs is 1. The highest BCUT2D eigenvalue weighted by molar-refractivity contribution is 5.36. The van der Waals surface area contributed by atoms with Crippen LogP contribution in [0, 0.1) is 0 Å². The summed E-state index contributed by atoms with van der Waals surface area (Å²) >= 11 is 0. The average molecular weight is 285 g/mol. The van der Waals surface area contributed by atoms with Gasteiger partial charge in [0.1, 0.15) is 0 Å². The molecule has 1 heterocycles. The fraction of sp³-hybridized carbons (Fsp3) is 0.529. The van der Waals surface area contributed by atoms with Gasteiger partial charge in [-0.1, -0.05) is 35.8 Å². The Hall–Kier alpha value is -1.68. The van der Waals surface area contributed by atoms with Gasteiger partial charge in [-0.2, -0.15) is 4.98 Å². The van der Waals surface area contributed by atoms with E-state index in [4.69, 9.17) is 10.3 Å². The van der Waals surface area contributed by atoms with Crippen molar-refractivity contribution in [3.05, 3.63) is 47.1 Å². The van der Waals surface area contributed by atoms with Gasteiger partial charge in [-0.25, -0.2) is 0 Å². The lowest BCUT2D eigenvalue weighted by Crippen LogP contribution is -2.12. The molecule has 1 aromatic heterocycles. The van der Waals surface area contributed by atoms with Crippen molar-refractivity contribution in [3.8, 4) is 0 Å². The maximum Gasteiger partial charge on any atom is 0.226 e. The summed E-state index contributed by atoms with van der Waals surface area (Å²) in [6.07, 6.45) is 7.60. The molecule has 0 amide bonds. The molecule has 0 aliphatic heterocycles. The molecule has 4 heteroatoms. The molecule has 1 unspecified atom stereocenters. The summed E-state index contributed by atoms with van der Waals surface area (Å²) in [7, 11) is 0. The van der Waals surface area contributed by atoms with Gasteiger partial charge in [0.2, 0.25) is 5.89 Å². The first-order valence-corrected chi connectivity index (χ1v) is 7.99. The molecule has 1 atom stereocenters. The molecule has 21 heavy (non-hydrogen) atoms. The van der Waals surface area contributed by atoms with Crippen LogP contribution in [-0.2, 0) is 12.8 Å². The van der Waals surface area contributed by atoms with Crippen molar-refractivity contribution >= 4 is 0 Å². The molecule has 0 bridgehead atoms. The van der Waals surface area contributed by atoms with E-state index in [1.165, 1.54) is 17.5 Å². The number of benzene rings is 1. The molecule has 1 aromatic carbocycles. The first kappa shape index (κ1) is 14.3. The van der Waals surface area contributed by atoms with Crippen LogP contribution in [0.3, 0.4) is 0 Å². The molecule has 1 aliphatic rings. The van der Waals surface area contributed by atoms with E-state index in [9.17, 15) is 0 Å². The molecule has 2 N–H and O–H groups in total. The van der Waals surface area contributed by atoms with Gasteiger partial charge in [0.05, 0.1) is 0 Å². The summed E-state index contributed by atoms with van der Waals surface area (Å²) in [5.74, 6) is 1.93. The number of aromatic nitrogens is 2. The number of nitrogens with two attached hydrogens (primary N) is 1. The summed E-state index contributed by atoms with van der Waals surface area (Å²) in [6.45, 7) is 0.758. The van der Waals surface area contributed by atoms with Crippen LogP contribution in [0.25, 0.3) is 0 Å². The van der Waals surface area contributed by atoms with Crippen molar-refractivity contribution < 1.29 is 4.52 Å². The highest BCUT2D eigenvalue weighted by Gasteiger charge is 2.25. The minimum atomic E-state index is 0.302. The van der Waals surface area contributed by atoms with Crippen LogP contribution in [0.15, 0.2) is 28.8 Å². The van der Waals surface area contributed by atoms with E-state index in [1.807, 2.05) is 0 Å². The smallest absolute Gasteiger partial charge is 0.226 e. The Bertz CT molecular complexity index is 579. The molecule has 0 saturated heterocycles. The van der Waals surface area contributed by atoms with E-state index < -0.39 is 0 Å². The van der Waals surface area contributed by atoms with Crippen molar-refractivity contribution in [3.63, 3.8) is 0 Å². The molecule has 1 aliphatic carbocycles. The van der Waals surface area contributed by atoms with E-state index >= 15 is 0 Å². The molecule has 0 radical (unpaired) electrons.